The number of fused-ring (bicyclic) bond motifs is 1. The predicted octanol–water partition coefficient (Wildman–Crippen LogP) is 3.67. The summed E-state index contributed by atoms with van der Waals surface area (Å²) in [5.41, 5.74) is 3.49. The first kappa shape index (κ1) is 15.0. The second-order valence-electron chi connectivity index (χ2n) is 6.77. The Labute approximate surface area is 136 Å². The maximum absolute atomic E-state index is 13.3. The van der Waals surface area contributed by atoms with Crippen LogP contribution >= 0.6 is 0 Å². The average Bonchev–Trinajstić information content (AvgIpc) is 3.00. The van der Waals surface area contributed by atoms with E-state index in [4.69, 9.17) is 9.72 Å². The van der Waals surface area contributed by atoms with Gasteiger partial charge in [0.25, 0.3) is 0 Å². The van der Waals surface area contributed by atoms with Crippen molar-refractivity contribution in [3.63, 3.8) is 0 Å². The van der Waals surface area contributed by atoms with Crippen molar-refractivity contribution >= 4 is 10.9 Å². The van der Waals surface area contributed by atoms with E-state index in [0.29, 0.717) is 18.9 Å². The van der Waals surface area contributed by atoms with Crippen LogP contribution in [0.3, 0.4) is 0 Å². The van der Waals surface area contributed by atoms with Gasteiger partial charge in [-0.2, -0.15) is 0 Å². The molecule has 2 aliphatic rings. The molecule has 0 amide bonds. The topological polar surface area (TPSA) is 25.4 Å². The molecular formula is C19H23FN2O. The van der Waals surface area contributed by atoms with Crippen LogP contribution in [0, 0.1) is 0 Å². The molecule has 2 saturated heterocycles. The summed E-state index contributed by atoms with van der Waals surface area (Å²) >= 11 is 0. The standard InChI is InChI=1S/C19H23FN2O/c20-17-5-8-22(13-17)12-14-1-3-19-16(11-14)2-4-18(21-19)15-6-9-23-10-7-15/h1-4,11,15,17H,5-10,12-13H2. The first-order valence-electron chi connectivity index (χ1n) is 8.62. The fourth-order valence-electron chi connectivity index (χ4n) is 3.70. The quantitative estimate of drug-likeness (QED) is 0.864. The molecule has 0 bridgehead atoms. The summed E-state index contributed by atoms with van der Waals surface area (Å²) in [6.45, 7) is 3.95. The van der Waals surface area contributed by atoms with E-state index in [1.165, 1.54) is 16.6 Å². The SMILES string of the molecule is FC1CCN(Cc2ccc3nc(C4CCOCC4)ccc3c2)C1. The van der Waals surface area contributed by atoms with Crippen LogP contribution in [0.1, 0.15) is 36.4 Å². The fraction of sp³-hybridized carbons (Fsp3) is 0.526. The Balaban J connectivity index is 1.52. The molecule has 0 spiro atoms. The number of hydrogen-bond donors (Lipinski definition) is 0. The average molecular weight is 314 g/mol. The van der Waals surface area contributed by atoms with Crippen molar-refractivity contribution in [2.75, 3.05) is 26.3 Å². The minimum atomic E-state index is -0.654. The minimum Gasteiger partial charge on any atom is -0.381 e. The molecule has 1 aromatic heterocycles. The Kier molecular flexibility index (Phi) is 4.27. The van der Waals surface area contributed by atoms with Crippen LogP contribution < -0.4 is 0 Å². The highest BCUT2D eigenvalue weighted by Gasteiger charge is 2.21. The van der Waals surface area contributed by atoms with Gasteiger partial charge < -0.3 is 4.74 Å². The van der Waals surface area contributed by atoms with Crippen molar-refractivity contribution in [1.82, 2.24) is 9.88 Å². The van der Waals surface area contributed by atoms with Crippen LogP contribution in [0.2, 0.25) is 0 Å². The second-order valence-corrected chi connectivity index (χ2v) is 6.77. The van der Waals surface area contributed by atoms with Gasteiger partial charge in [-0.3, -0.25) is 9.88 Å². The van der Waals surface area contributed by atoms with Crippen molar-refractivity contribution in [3.05, 3.63) is 41.6 Å². The normalized spacial score (nSPS) is 23.6. The van der Waals surface area contributed by atoms with Gasteiger partial charge in [-0.15, -0.1) is 0 Å². The number of nitrogens with zero attached hydrogens (tertiary/aromatic N) is 2. The van der Waals surface area contributed by atoms with Crippen molar-refractivity contribution in [3.8, 4) is 0 Å². The summed E-state index contributed by atoms with van der Waals surface area (Å²) < 4.78 is 18.7. The summed E-state index contributed by atoms with van der Waals surface area (Å²) in [6.07, 6.45) is 2.15. The highest BCUT2D eigenvalue weighted by Crippen LogP contribution is 2.27. The van der Waals surface area contributed by atoms with Crippen LogP contribution in [0.25, 0.3) is 10.9 Å². The molecule has 122 valence electrons. The van der Waals surface area contributed by atoms with Gasteiger partial charge in [0, 0.05) is 49.8 Å². The van der Waals surface area contributed by atoms with Crippen molar-refractivity contribution in [2.24, 2.45) is 0 Å². The zero-order valence-corrected chi connectivity index (χ0v) is 13.4. The summed E-state index contributed by atoms with van der Waals surface area (Å²) in [6, 6.07) is 10.8. The molecule has 0 saturated carbocycles. The number of halogens is 1. The number of aromatic nitrogens is 1. The van der Waals surface area contributed by atoms with E-state index in [9.17, 15) is 4.39 Å². The van der Waals surface area contributed by atoms with Gasteiger partial charge in [-0.25, -0.2) is 4.39 Å². The number of ether oxygens (including phenoxy) is 1. The van der Waals surface area contributed by atoms with Gasteiger partial charge in [0.15, 0.2) is 0 Å². The first-order valence-corrected chi connectivity index (χ1v) is 8.62. The Bertz CT molecular complexity index is 684. The van der Waals surface area contributed by atoms with Crippen LogP contribution in [0.15, 0.2) is 30.3 Å². The molecular weight excluding hydrogens is 291 g/mol. The van der Waals surface area contributed by atoms with E-state index < -0.39 is 6.17 Å². The molecule has 1 aromatic carbocycles. The lowest BCUT2D eigenvalue weighted by Gasteiger charge is -2.21. The second kappa shape index (κ2) is 6.54. The smallest absolute Gasteiger partial charge is 0.114 e. The first-order chi connectivity index (χ1) is 11.3. The fourth-order valence-corrected chi connectivity index (χ4v) is 3.70. The maximum Gasteiger partial charge on any atom is 0.114 e. The molecule has 1 atom stereocenters. The van der Waals surface area contributed by atoms with Gasteiger partial charge in [0.05, 0.1) is 5.52 Å². The van der Waals surface area contributed by atoms with Gasteiger partial charge in [-0.1, -0.05) is 12.1 Å². The van der Waals surface area contributed by atoms with E-state index in [1.54, 1.807) is 0 Å². The van der Waals surface area contributed by atoms with Gasteiger partial charge >= 0.3 is 0 Å². The summed E-state index contributed by atoms with van der Waals surface area (Å²) in [5, 5.41) is 1.18. The number of alkyl halides is 1. The van der Waals surface area contributed by atoms with Crippen LogP contribution in [-0.4, -0.2) is 42.4 Å². The zero-order valence-electron chi connectivity index (χ0n) is 13.4. The van der Waals surface area contributed by atoms with Crippen molar-refractivity contribution in [2.45, 2.75) is 37.9 Å². The van der Waals surface area contributed by atoms with Crippen molar-refractivity contribution < 1.29 is 9.13 Å². The van der Waals surface area contributed by atoms with Crippen molar-refractivity contribution in [1.29, 1.82) is 0 Å². The summed E-state index contributed by atoms with van der Waals surface area (Å²) in [7, 11) is 0. The molecule has 3 nitrogen and oxygen atoms in total. The van der Waals surface area contributed by atoms with E-state index in [0.717, 1.165) is 44.7 Å². The zero-order chi connectivity index (χ0) is 15.6. The molecule has 0 aliphatic carbocycles. The number of pyridine rings is 1. The third kappa shape index (κ3) is 3.38. The third-order valence-corrected chi connectivity index (χ3v) is 5.04. The van der Waals surface area contributed by atoms with Crippen LogP contribution in [0.4, 0.5) is 4.39 Å². The summed E-state index contributed by atoms with van der Waals surface area (Å²) in [5.74, 6) is 0.527. The molecule has 2 fully saturated rings. The lowest BCUT2D eigenvalue weighted by molar-refractivity contribution is 0.0846. The molecule has 4 rings (SSSR count). The Morgan fingerprint density at radius 2 is 2.00 bits per heavy atom. The molecule has 4 heteroatoms. The van der Waals surface area contributed by atoms with Crippen LogP contribution in [0.5, 0.6) is 0 Å². The lowest BCUT2D eigenvalue weighted by atomic mass is 9.95. The molecule has 1 unspecified atom stereocenters. The van der Waals surface area contributed by atoms with Gasteiger partial charge in [-0.05, 0) is 43.0 Å². The molecule has 2 aliphatic heterocycles. The third-order valence-electron chi connectivity index (χ3n) is 5.04. The molecule has 2 aromatic rings. The number of rotatable bonds is 3. The molecule has 3 heterocycles. The number of likely N-dealkylation sites (tertiary alicyclic amines) is 1. The molecule has 0 N–H and O–H groups in total. The van der Waals surface area contributed by atoms with Crippen LogP contribution in [-0.2, 0) is 11.3 Å². The lowest BCUT2D eigenvalue weighted by Crippen LogP contribution is -2.20. The predicted molar refractivity (Wildman–Crippen MR) is 89.3 cm³/mol. The van der Waals surface area contributed by atoms with E-state index in [-0.39, 0.29) is 0 Å². The monoisotopic (exact) mass is 314 g/mol. The molecule has 23 heavy (non-hydrogen) atoms. The Morgan fingerprint density at radius 1 is 1.13 bits per heavy atom. The number of benzene rings is 1. The highest BCUT2D eigenvalue weighted by molar-refractivity contribution is 5.79. The van der Waals surface area contributed by atoms with E-state index in [1.807, 2.05) is 0 Å². The maximum atomic E-state index is 13.3. The summed E-state index contributed by atoms with van der Waals surface area (Å²) in [4.78, 5) is 7.04. The minimum absolute atomic E-state index is 0.527. The highest BCUT2D eigenvalue weighted by atomic mass is 19.1. The van der Waals surface area contributed by atoms with E-state index in [2.05, 4.69) is 35.2 Å². The Morgan fingerprint density at radius 3 is 2.78 bits per heavy atom. The largest absolute Gasteiger partial charge is 0.381 e. The Hall–Kier alpha value is -1.52. The van der Waals surface area contributed by atoms with Gasteiger partial charge in [0.2, 0.25) is 0 Å². The van der Waals surface area contributed by atoms with E-state index >= 15 is 0 Å². The number of hydrogen-bond acceptors (Lipinski definition) is 3. The molecule has 0 radical (unpaired) electrons. The van der Waals surface area contributed by atoms with Gasteiger partial charge in [0.1, 0.15) is 6.17 Å².